The van der Waals surface area contributed by atoms with Crippen LogP contribution >= 0.6 is 23.6 Å². The highest BCUT2D eigenvalue weighted by Gasteiger charge is 2.28. The molecule has 94 valence electrons. The molecule has 1 amide bonds. The molecule has 5 heteroatoms. The third-order valence-corrected chi connectivity index (χ3v) is 4.55. The lowest BCUT2D eigenvalue weighted by Gasteiger charge is -2.27. The van der Waals surface area contributed by atoms with Crippen LogP contribution in [-0.4, -0.2) is 16.4 Å². The smallest absolute Gasteiger partial charge is 0.262 e. The average Bonchev–Trinajstić information content (AvgIpc) is 2.77. The van der Waals surface area contributed by atoms with Gasteiger partial charge in [-0.25, -0.2) is 0 Å². The highest BCUT2D eigenvalue weighted by atomic mass is 32.1. The number of rotatable bonds is 5. The van der Waals surface area contributed by atoms with Gasteiger partial charge >= 0.3 is 0 Å². The van der Waals surface area contributed by atoms with Crippen molar-refractivity contribution in [1.82, 2.24) is 5.32 Å². The summed E-state index contributed by atoms with van der Waals surface area (Å²) in [4.78, 5) is 14.3. The first-order valence-electron chi connectivity index (χ1n) is 5.64. The number of hydrogen-bond donors (Lipinski definition) is 2. The summed E-state index contributed by atoms with van der Waals surface area (Å²) in [5.74, 6) is -0.105. The summed E-state index contributed by atoms with van der Waals surface area (Å²) in [6.45, 7) is 5.87. The lowest BCUT2D eigenvalue weighted by Crippen LogP contribution is -2.53. The molecule has 0 aliphatic heterocycles. The first kappa shape index (κ1) is 14.1. The standard InChI is InChI=1S/C12H18N2OS2/c1-4-8-6-7-9(17-8)10(15)14-12(3,5-2)11(13)16/h6-7H,4-5H2,1-3H3,(H2,13,16)(H,14,15). The minimum absolute atomic E-state index is 0.105. The van der Waals surface area contributed by atoms with Crippen LogP contribution in [0.1, 0.15) is 41.7 Å². The van der Waals surface area contributed by atoms with Crippen LogP contribution in [0.4, 0.5) is 0 Å². The predicted molar refractivity (Wildman–Crippen MR) is 76.6 cm³/mol. The van der Waals surface area contributed by atoms with Crippen LogP contribution in [0.25, 0.3) is 0 Å². The van der Waals surface area contributed by atoms with Crippen molar-refractivity contribution >= 4 is 34.5 Å². The Morgan fingerprint density at radius 2 is 2.18 bits per heavy atom. The third-order valence-electron chi connectivity index (χ3n) is 2.87. The molecule has 1 unspecified atom stereocenters. The highest BCUT2D eigenvalue weighted by molar-refractivity contribution is 7.80. The molecule has 0 radical (unpaired) electrons. The number of carbonyl (C=O) groups is 1. The minimum Gasteiger partial charge on any atom is -0.391 e. The number of nitrogens with one attached hydrogen (secondary N) is 1. The molecule has 1 heterocycles. The number of amides is 1. The van der Waals surface area contributed by atoms with E-state index < -0.39 is 5.54 Å². The van der Waals surface area contributed by atoms with E-state index >= 15 is 0 Å². The van der Waals surface area contributed by atoms with E-state index in [1.54, 1.807) is 0 Å². The third kappa shape index (κ3) is 3.26. The van der Waals surface area contributed by atoms with E-state index in [0.717, 1.165) is 6.42 Å². The van der Waals surface area contributed by atoms with Gasteiger partial charge in [-0.2, -0.15) is 0 Å². The van der Waals surface area contributed by atoms with Gasteiger partial charge in [0.05, 0.1) is 15.4 Å². The van der Waals surface area contributed by atoms with E-state index in [-0.39, 0.29) is 5.91 Å². The Hall–Kier alpha value is -0.940. The van der Waals surface area contributed by atoms with Crippen molar-refractivity contribution < 1.29 is 4.79 Å². The zero-order chi connectivity index (χ0) is 13.1. The van der Waals surface area contributed by atoms with Crippen molar-refractivity contribution in [2.45, 2.75) is 39.2 Å². The van der Waals surface area contributed by atoms with Crippen LogP contribution in [0.15, 0.2) is 12.1 Å². The molecule has 0 aliphatic rings. The monoisotopic (exact) mass is 270 g/mol. The zero-order valence-corrected chi connectivity index (χ0v) is 12.0. The molecule has 0 aromatic carbocycles. The molecule has 1 atom stereocenters. The fraction of sp³-hybridized carbons (Fsp3) is 0.500. The summed E-state index contributed by atoms with van der Waals surface area (Å²) in [7, 11) is 0. The van der Waals surface area contributed by atoms with Crippen LogP contribution in [0, 0.1) is 0 Å². The van der Waals surface area contributed by atoms with Gasteiger partial charge in [0.1, 0.15) is 0 Å². The first-order valence-corrected chi connectivity index (χ1v) is 6.86. The normalized spacial score (nSPS) is 14.1. The molecule has 1 rings (SSSR count). The van der Waals surface area contributed by atoms with E-state index in [0.29, 0.717) is 16.3 Å². The summed E-state index contributed by atoms with van der Waals surface area (Å²) in [5.41, 5.74) is 5.05. The molecule has 0 bridgehead atoms. The van der Waals surface area contributed by atoms with Gasteiger partial charge in [0.25, 0.3) is 5.91 Å². The predicted octanol–water partition coefficient (Wildman–Crippen LogP) is 2.50. The van der Waals surface area contributed by atoms with Crippen molar-refractivity contribution in [1.29, 1.82) is 0 Å². The minimum atomic E-state index is -0.608. The Bertz CT molecular complexity index is 428. The van der Waals surface area contributed by atoms with E-state index in [2.05, 4.69) is 12.2 Å². The van der Waals surface area contributed by atoms with Crippen molar-refractivity contribution in [2.75, 3.05) is 0 Å². The maximum Gasteiger partial charge on any atom is 0.262 e. The van der Waals surface area contributed by atoms with Crippen LogP contribution < -0.4 is 11.1 Å². The number of aryl methyl sites for hydroxylation is 1. The highest BCUT2D eigenvalue weighted by Crippen LogP contribution is 2.18. The van der Waals surface area contributed by atoms with Crippen LogP contribution in [0.3, 0.4) is 0 Å². The molecular formula is C12H18N2OS2. The Kier molecular flexibility index (Phi) is 4.65. The zero-order valence-electron chi connectivity index (χ0n) is 10.4. The second-order valence-corrected chi connectivity index (χ2v) is 5.73. The molecule has 1 aromatic rings. The molecule has 0 saturated carbocycles. The van der Waals surface area contributed by atoms with E-state index in [1.807, 2.05) is 26.0 Å². The maximum absolute atomic E-state index is 12.0. The lowest BCUT2D eigenvalue weighted by atomic mass is 9.99. The van der Waals surface area contributed by atoms with Crippen molar-refractivity contribution in [3.8, 4) is 0 Å². The number of nitrogens with two attached hydrogens (primary N) is 1. The largest absolute Gasteiger partial charge is 0.391 e. The maximum atomic E-state index is 12.0. The topological polar surface area (TPSA) is 55.1 Å². The lowest BCUT2D eigenvalue weighted by molar-refractivity contribution is 0.0930. The van der Waals surface area contributed by atoms with Crippen molar-refractivity contribution in [3.63, 3.8) is 0 Å². The van der Waals surface area contributed by atoms with Gasteiger partial charge < -0.3 is 11.1 Å². The summed E-state index contributed by atoms with van der Waals surface area (Å²) < 4.78 is 0. The summed E-state index contributed by atoms with van der Waals surface area (Å²) in [6, 6.07) is 3.82. The second-order valence-electron chi connectivity index (χ2n) is 4.12. The average molecular weight is 270 g/mol. The fourth-order valence-electron chi connectivity index (χ4n) is 1.33. The number of hydrogen-bond acceptors (Lipinski definition) is 3. The van der Waals surface area contributed by atoms with Gasteiger partial charge in [-0.15, -0.1) is 11.3 Å². The molecule has 3 N–H and O–H groups in total. The van der Waals surface area contributed by atoms with Crippen LogP contribution in [-0.2, 0) is 6.42 Å². The van der Waals surface area contributed by atoms with Crippen LogP contribution in [0.5, 0.6) is 0 Å². The van der Waals surface area contributed by atoms with Crippen LogP contribution in [0.2, 0.25) is 0 Å². The van der Waals surface area contributed by atoms with Gasteiger partial charge in [0.15, 0.2) is 0 Å². The van der Waals surface area contributed by atoms with E-state index in [9.17, 15) is 4.79 Å². The second kappa shape index (κ2) is 5.60. The molecule has 0 fully saturated rings. The molecule has 1 aromatic heterocycles. The Morgan fingerprint density at radius 1 is 1.53 bits per heavy atom. The van der Waals surface area contributed by atoms with Gasteiger partial charge in [0, 0.05) is 4.88 Å². The Morgan fingerprint density at radius 3 is 2.59 bits per heavy atom. The molecular weight excluding hydrogens is 252 g/mol. The first-order chi connectivity index (χ1) is 7.92. The van der Waals surface area contributed by atoms with E-state index in [1.165, 1.54) is 16.2 Å². The number of thiophene rings is 1. The number of thiocarbonyl (C=S) groups is 1. The summed E-state index contributed by atoms with van der Waals surface area (Å²) in [6.07, 6.45) is 1.62. The quantitative estimate of drug-likeness (QED) is 0.808. The molecule has 3 nitrogen and oxygen atoms in total. The van der Waals surface area contributed by atoms with Crippen molar-refractivity contribution in [2.24, 2.45) is 5.73 Å². The Balaban J connectivity index is 2.81. The Labute approximate surface area is 111 Å². The molecule has 0 spiro atoms. The van der Waals surface area contributed by atoms with Gasteiger partial charge in [-0.1, -0.05) is 26.1 Å². The fourth-order valence-corrected chi connectivity index (χ4v) is 2.36. The van der Waals surface area contributed by atoms with Gasteiger partial charge in [-0.05, 0) is 31.9 Å². The number of carbonyl (C=O) groups excluding carboxylic acids is 1. The molecule has 0 aliphatic carbocycles. The van der Waals surface area contributed by atoms with Gasteiger partial charge in [0.2, 0.25) is 0 Å². The van der Waals surface area contributed by atoms with E-state index in [4.69, 9.17) is 18.0 Å². The summed E-state index contributed by atoms with van der Waals surface area (Å²) in [5, 5.41) is 2.90. The van der Waals surface area contributed by atoms with Crippen molar-refractivity contribution in [3.05, 3.63) is 21.9 Å². The SMILES string of the molecule is CCc1ccc(C(=O)NC(C)(CC)C(N)=S)s1. The summed E-state index contributed by atoms with van der Waals surface area (Å²) >= 11 is 6.50. The molecule has 0 saturated heterocycles. The molecule has 17 heavy (non-hydrogen) atoms. The van der Waals surface area contributed by atoms with Gasteiger partial charge in [-0.3, -0.25) is 4.79 Å².